The average Bonchev–Trinajstić information content (AvgIpc) is 3.26. The Balaban J connectivity index is 1.81. The fourth-order valence-corrected chi connectivity index (χ4v) is 22.2. The molecular weight excluding hydrogens is 384 g/mol. The molecule has 2 aliphatic rings. The average molecular weight is 406 g/mol. The zero-order valence-corrected chi connectivity index (χ0v) is 17.7. The predicted molar refractivity (Wildman–Crippen MR) is 103 cm³/mol. The van der Waals surface area contributed by atoms with Gasteiger partial charge in [-0.2, -0.15) is 0 Å². The molecule has 2 aliphatic carbocycles. The van der Waals surface area contributed by atoms with Gasteiger partial charge in [0.25, 0.3) is 0 Å². The molecule has 0 spiro atoms. The molecule has 1 unspecified atom stereocenters. The van der Waals surface area contributed by atoms with Crippen LogP contribution in [-0.4, -0.2) is 5.43 Å². The van der Waals surface area contributed by atoms with E-state index in [0.717, 1.165) is 7.25 Å². The Labute approximate surface area is 152 Å². The van der Waals surface area contributed by atoms with Crippen molar-refractivity contribution in [3.8, 4) is 11.1 Å². The Morgan fingerprint density at radius 3 is 2.29 bits per heavy atom. The maximum absolute atomic E-state index is 2.55. The molecule has 0 nitrogen and oxygen atoms in total. The van der Waals surface area contributed by atoms with Crippen LogP contribution in [0.3, 0.4) is 0 Å². The van der Waals surface area contributed by atoms with Crippen LogP contribution in [0.4, 0.5) is 0 Å². The Bertz CT molecular complexity index is 871. The van der Waals surface area contributed by atoms with E-state index in [4.69, 9.17) is 0 Å². The molecule has 2 aromatic carbocycles. The number of hydrogen-bond donors (Lipinski definition) is 0. The number of hydrogen-bond acceptors (Lipinski definition) is 0. The minimum absolute atomic E-state index is 0.214. The van der Waals surface area contributed by atoms with Crippen LogP contribution in [0.2, 0.25) is 16.7 Å². The Kier molecular flexibility index (Phi) is 4.70. The van der Waals surface area contributed by atoms with Gasteiger partial charge in [0, 0.05) is 0 Å². The molecule has 24 heavy (non-hydrogen) atoms. The van der Waals surface area contributed by atoms with Gasteiger partial charge in [-0.3, -0.25) is 0 Å². The normalized spacial score (nSPS) is 18.2. The van der Waals surface area contributed by atoms with Crippen molar-refractivity contribution in [1.82, 2.24) is 0 Å². The topological polar surface area (TPSA) is 0 Å². The molecule has 118 valence electrons. The molecule has 0 N–H and O–H groups in total. The first-order valence-corrected chi connectivity index (χ1v) is 17.7. The van der Waals surface area contributed by atoms with Gasteiger partial charge in [0.1, 0.15) is 0 Å². The number of benzene rings is 2. The van der Waals surface area contributed by atoms with E-state index in [0.29, 0.717) is 0 Å². The number of fused-ring (bicyclic) bond motifs is 1. The second-order valence-electron chi connectivity index (χ2n) is 6.76. The summed E-state index contributed by atoms with van der Waals surface area (Å²) in [6.07, 6.45) is 14.4. The van der Waals surface area contributed by atoms with Gasteiger partial charge in [-0.25, -0.2) is 0 Å². The van der Waals surface area contributed by atoms with E-state index in [1.807, 2.05) is 0 Å². The van der Waals surface area contributed by atoms with Gasteiger partial charge in [-0.1, -0.05) is 0 Å². The third kappa shape index (κ3) is 2.91. The molecule has 0 aliphatic heterocycles. The van der Waals surface area contributed by atoms with Crippen LogP contribution < -0.4 is 0 Å². The molecule has 0 radical (unpaired) electrons. The van der Waals surface area contributed by atoms with E-state index < -0.39 is 20.4 Å². The first-order chi connectivity index (χ1) is 11.8. The molecule has 0 heterocycles. The summed E-state index contributed by atoms with van der Waals surface area (Å²) < 4.78 is 1.53. The molecule has 0 saturated heterocycles. The molecule has 4 rings (SSSR count). The van der Waals surface area contributed by atoms with Gasteiger partial charge in [-0.05, 0) is 0 Å². The first kappa shape index (κ1) is 16.2. The molecule has 0 fully saturated rings. The zero-order chi connectivity index (χ0) is 16.5. The zero-order valence-electron chi connectivity index (χ0n) is 14.2. The van der Waals surface area contributed by atoms with Crippen molar-refractivity contribution in [3.05, 3.63) is 90.0 Å². The molecule has 2 aromatic rings. The summed E-state index contributed by atoms with van der Waals surface area (Å²) in [5, 5.41) is 0. The molecule has 0 aromatic heterocycles. The Morgan fingerprint density at radius 1 is 0.833 bits per heavy atom. The van der Waals surface area contributed by atoms with Gasteiger partial charge in [-0.15, -0.1) is 0 Å². The standard InChI is InChI=1S/C15H11.C5H5.C2H6Si.Zr/c1-2-6-12(7-3-1)14-10-4-8-13-9-5-11-15(13)14;1-2-4-5-3-1;1-3-2;/h1-11H;1-5H;1-2H3;. The third-order valence-corrected chi connectivity index (χ3v) is 24.1. The van der Waals surface area contributed by atoms with E-state index in [1.165, 1.54) is 16.7 Å². The molecule has 0 bridgehead atoms. The van der Waals surface area contributed by atoms with E-state index >= 15 is 0 Å². The van der Waals surface area contributed by atoms with Crippen molar-refractivity contribution < 1.29 is 20.4 Å². The summed E-state index contributed by atoms with van der Waals surface area (Å²) in [6, 6.07) is 17.8. The van der Waals surface area contributed by atoms with Crippen LogP contribution in [0.25, 0.3) is 17.2 Å². The van der Waals surface area contributed by atoms with Crippen LogP contribution in [0.1, 0.15) is 14.8 Å². The molecule has 2 heteroatoms. The summed E-state index contributed by atoms with van der Waals surface area (Å²) in [6.45, 7) is 5.10. The summed E-state index contributed by atoms with van der Waals surface area (Å²) in [5.41, 5.74) is 5.59. The summed E-state index contributed by atoms with van der Waals surface area (Å²) >= 11 is -1.60. The molecule has 0 amide bonds. The summed E-state index contributed by atoms with van der Waals surface area (Å²) in [5.74, 6) is 0. The van der Waals surface area contributed by atoms with Gasteiger partial charge in [0.2, 0.25) is 0 Å². The van der Waals surface area contributed by atoms with Gasteiger partial charge in [0.15, 0.2) is 0 Å². The predicted octanol–water partition coefficient (Wildman–Crippen LogP) is 6.21. The number of allylic oxidation sites excluding steroid dienone is 5. The van der Waals surface area contributed by atoms with Crippen LogP contribution >= 0.6 is 0 Å². The van der Waals surface area contributed by atoms with Crippen LogP contribution in [0.5, 0.6) is 0 Å². The van der Waals surface area contributed by atoms with E-state index in [2.05, 4.69) is 98.1 Å². The van der Waals surface area contributed by atoms with Crippen LogP contribution in [-0.2, 0) is 20.4 Å². The third-order valence-electron chi connectivity index (χ3n) is 5.03. The van der Waals surface area contributed by atoms with Crippen molar-refractivity contribution in [2.75, 3.05) is 0 Å². The second kappa shape index (κ2) is 6.94. The summed E-state index contributed by atoms with van der Waals surface area (Å²) in [7, 11) is 0. The maximum atomic E-state index is 2.55. The Hall–Kier alpha value is -1.24. The minimum atomic E-state index is -1.60. The van der Waals surface area contributed by atoms with Crippen LogP contribution in [0, 0.1) is 0 Å². The van der Waals surface area contributed by atoms with Crippen molar-refractivity contribution in [1.29, 1.82) is 0 Å². The van der Waals surface area contributed by atoms with Crippen molar-refractivity contribution >= 4 is 11.5 Å². The second-order valence-corrected chi connectivity index (χ2v) is 25.0. The summed E-state index contributed by atoms with van der Waals surface area (Å²) in [4.78, 5) is 0. The van der Waals surface area contributed by atoms with E-state index in [9.17, 15) is 0 Å². The van der Waals surface area contributed by atoms with Crippen molar-refractivity contribution in [3.63, 3.8) is 0 Å². The fraction of sp³-hybridized carbons (Fsp3) is 0.182. The first-order valence-electron chi connectivity index (χ1n) is 8.64. The van der Waals surface area contributed by atoms with Crippen molar-refractivity contribution in [2.24, 2.45) is 0 Å². The number of rotatable bonds is 3. The van der Waals surface area contributed by atoms with Crippen molar-refractivity contribution in [2.45, 2.75) is 20.3 Å². The molecule has 0 saturated carbocycles. The SMILES string of the molecule is C[Si](C)=[Zr]([CH]1C=CC=C1)[CH]1C=Cc2c(-c3ccccc3)cccc21. The van der Waals surface area contributed by atoms with E-state index in [1.54, 1.807) is 5.56 Å². The quantitative estimate of drug-likeness (QED) is 0.533. The fourth-order valence-electron chi connectivity index (χ4n) is 3.97. The molecular formula is C22H22SiZr. The van der Waals surface area contributed by atoms with Gasteiger partial charge in [0.05, 0.1) is 0 Å². The van der Waals surface area contributed by atoms with Gasteiger partial charge >= 0.3 is 153 Å². The van der Waals surface area contributed by atoms with Crippen LogP contribution in [0.15, 0.2) is 78.9 Å². The van der Waals surface area contributed by atoms with E-state index in [-0.39, 0.29) is 5.43 Å². The Morgan fingerprint density at radius 2 is 1.58 bits per heavy atom. The molecule has 1 atom stereocenters. The van der Waals surface area contributed by atoms with Gasteiger partial charge < -0.3 is 0 Å². The monoisotopic (exact) mass is 404 g/mol.